The van der Waals surface area contributed by atoms with Gasteiger partial charge in [0, 0.05) is 11.6 Å². The van der Waals surface area contributed by atoms with Crippen LogP contribution in [-0.2, 0) is 48.1 Å². The molecule has 2 heterocycles. The van der Waals surface area contributed by atoms with Gasteiger partial charge in [0.05, 0.1) is 5.25 Å². The minimum atomic E-state index is -4.53. The molecule has 0 saturated heterocycles. The summed E-state index contributed by atoms with van der Waals surface area (Å²) in [5, 5.41) is 3.92. The second-order valence-electron chi connectivity index (χ2n) is 13.6. The molecular formula is C35H46N2O10S3Si. The van der Waals surface area contributed by atoms with Gasteiger partial charge in [0.25, 0.3) is 24.2 Å². The molecule has 2 N–H and O–H groups in total. The lowest BCUT2D eigenvalue weighted by Crippen LogP contribution is -2.68. The van der Waals surface area contributed by atoms with Gasteiger partial charge in [-0.05, 0) is 62.1 Å². The van der Waals surface area contributed by atoms with Gasteiger partial charge in [-0.3, -0.25) is 4.79 Å². The van der Waals surface area contributed by atoms with Gasteiger partial charge in [0.2, 0.25) is 0 Å². The van der Waals surface area contributed by atoms with Crippen molar-refractivity contribution in [1.82, 2.24) is 10.0 Å². The van der Waals surface area contributed by atoms with Crippen LogP contribution in [0.2, 0.25) is 5.04 Å². The van der Waals surface area contributed by atoms with E-state index in [1.165, 1.54) is 19.9 Å². The Bertz CT molecular complexity index is 1910. The average molecular weight is 779 g/mol. The molecule has 278 valence electrons. The summed E-state index contributed by atoms with van der Waals surface area (Å²) in [4.78, 5) is 39.2. The molecule has 0 aliphatic carbocycles. The van der Waals surface area contributed by atoms with E-state index in [-0.39, 0.29) is 20.9 Å². The van der Waals surface area contributed by atoms with Crippen molar-refractivity contribution in [1.29, 1.82) is 0 Å². The highest BCUT2D eigenvalue weighted by Crippen LogP contribution is 2.43. The standard InChI is InChI=1S/C35H46N2O10S3Si/c1-9-36-29-20-22(2)49(41,42)34-28(29)21-30(48-34)50(43,44)37-31(38)23(3)45-32(39)24(4)46-33(40)25(5)47-51(35(6,7)8,26-16-12-10-13-17-26)27-18-14-11-15-19-27/h10-19,21-25,29,36H,9,20H2,1-8H3,(H,37,38)/t22-,23-,24-,25-,29-/m0/s1. The van der Waals surface area contributed by atoms with Crippen molar-refractivity contribution in [2.45, 2.75) is 105 Å². The molecule has 4 rings (SSSR count). The summed E-state index contributed by atoms with van der Waals surface area (Å²) < 4.78 is 71.1. The van der Waals surface area contributed by atoms with Crippen LogP contribution in [-0.4, -0.2) is 73.1 Å². The Morgan fingerprint density at radius 1 is 0.902 bits per heavy atom. The van der Waals surface area contributed by atoms with Crippen LogP contribution in [0.15, 0.2) is 75.1 Å². The molecule has 1 aliphatic rings. The van der Waals surface area contributed by atoms with Crippen molar-refractivity contribution in [3.8, 4) is 0 Å². The van der Waals surface area contributed by atoms with E-state index in [1.54, 1.807) is 13.8 Å². The highest BCUT2D eigenvalue weighted by molar-refractivity contribution is 7.95. The number of benzene rings is 2. The average Bonchev–Trinajstić information content (AvgIpc) is 3.54. The lowest BCUT2D eigenvalue weighted by atomic mass is 10.1. The summed E-state index contributed by atoms with van der Waals surface area (Å²) in [6, 6.07) is 20.2. The molecule has 16 heteroatoms. The van der Waals surface area contributed by atoms with Crippen LogP contribution >= 0.6 is 11.3 Å². The third-order valence-corrected chi connectivity index (χ3v) is 19.6. The van der Waals surface area contributed by atoms with E-state index in [4.69, 9.17) is 13.9 Å². The van der Waals surface area contributed by atoms with Gasteiger partial charge < -0.3 is 19.2 Å². The van der Waals surface area contributed by atoms with Crippen LogP contribution < -0.4 is 20.4 Å². The van der Waals surface area contributed by atoms with Crippen LogP contribution in [0.5, 0.6) is 0 Å². The van der Waals surface area contributed by atoms with Crippen molar-refractivity contribution in [3.63, 3.8) is 0 Å². The van der Waals surface area contributed by atoms with E-state index in [9.17, 15) is 31.2 Å². The van der Waals surface area contributed by atoms with Crippen LogP contribution in [0, 0.1) is 0 Å². The first-order valence-corrected chi connectivity index (χ1v) is 22.4. The third kappa shape index (κ3) is 8.47. The second kappa shape index (κ2) is 15.7. The van der Waals surface area contributed by atoms with Crippen molar-refractivity contribution in [3.05, 3.63) is 72.3 Å². The molecule has 0 fully saturated rings. The molecule has 0 unspecified atom stereocenters. The third-order valence-electron chi connectivity index (χ3n) is 8.77. The van der Waals surface area contributed by atoms with E-state index < -0.39 is 74.6 Å². The Kier molecular flexibility index (Phi) is 12.4. The fourth-order valence-electron chi connectivity index (χ4n) is 6.08. The Balaban J connectivity index is 1.44. The predicted octanol–water partition coefficient (Wildman–Crippen LogP) is 3.60. The van der Waals surface area contributed by atoms with E-state index in [0.29, 0.717) is 23.4 Å². The quantitative estimate of drug-likeness (QED) is 0.192. The number of carbonyl (C=O) groups is 3. The fourth-order valence-corrected chi connectivity index (χ4v) is 15.8. The first kappa shape index (κ1) is 40.4. The maximum Gasteiger partial charge on any atom is 0.347 e. The van der Waals surface area contributed by atoms with Gasteiger partial charge in [0.15, 0.2) is 22.0 Å². The number of sulfone groups is 1. The van der Waals surface area contributed by atoms with Crippen molar-refractivity contribution < 1.29 is 45.1 Å². The highest BCUT2D eigenvalue weighted by Gasteiger charge is 2.52. The number of nitrogens with one attached hydrogen (secondary N) is 2. The number of thiophene rings is 1. The van der Waals surface area contributed by atoms with E-state index in [2.05, 4.69) is 26.1 Å². The number of hydrogen-bond acceptors (Lipinski definition) is 12. The molecule has 0 radical (unpaired) electrons. The Morgan fingerprint density at radius 2 is 1.41 bits per heavy atom. The molecule has 0 saturated carbocycles. The van der Waals surface area contributed by atoms with E-state index >= 15 is 0 Å². The monoisotopic (exact) mass is 778 g/mol. The van der Waals surface area contributed by atoms with E-state index in [1.807, 2.05) is 72.3 Å². The largest absolute Gasteiger partial charge is 0.450 e. The Labute approximate surface area is 305 Å². The number of esters is 2. The van der Waals surface area contributed by atoms with Gasteiger partial charge in [-0.25, -0.2) is 31.1 Å². The number of amides is 1. The lowest BCUT2D eigenvalue weighted by Gasteiger charge is -2.44. The molecule has 3 aromatic rings. The molecule has 12 nitrogen and oxygen atoms in total. The molecule has 5 atom stereocenters. The van der Waals surface area contributed by atoms with Crippen LogP contribution in [0.1, 0.15) is 73.4 Å². The molecule has 0 spiro atoms. The zero-order valence-corrected chi connectivity index (χ0v) is 33.4. The van der Waals surface area contributed by atoms with Gasteiger partial charge >= 0.3 is 11.9 Å². The lowest BCUT2D eigenvalue weighted by molar-refractivity contribution is -0.174. The molecule has 1 aromatic heterocycles. The van der Waals surface area contributed by atoms with Crippen molar-refractivity contribution >= 4 is 67.7 Å². The maximum atomic E-state index is 13.4. The Morgan fingerprint density at radius 3 is 1.92 bits per heavy atom. The van der Waals surface area contributed by atoms with Gasteiger partial charge in [-0.15, -0.1) is 11.3 Å². The topological polar surface area (TPSA) is 171 Å². The number of fused-ring (bicyclic) bond motifs is 1. The van der Waals surface area contributed by atoms with Crippen molar-refractivity contribution in [2.24, 2.45) is 0 Å². The van der Waals surface area contributed by atoms with Gasteiger partial charge in [-0.2, -0.15) is 0 Å². The summed E-state index contributed by atoms with van der Waals surface area (Å²) in [5.41, 5.74) is 0.330. The zero-order chi connectivity index (χ0) is 37.9. The smallest absolute Gasteiger partial charge is 0.347 e. The summed E-state index contributed by atoms with van der Waals surface area (Å²) >= 11 is 0.562. The zero-order valence-electron chi connectivity index (χ0n) is 30.0. The minimum Gasteiger partial charge on any atom is -0.450 e. The van der Waals surface area contributed by atoms with Crippen LogP contribution in [0.4, 0.5) is 0 Å². The Hall–Kier alpha value is -3.41. The van der Waals surface area contributed by atoms with E-state index in [0.717, 1.165) is 10.4 Å². The summed E-state index contributed by atoms with van der Waals surface area (Å²) in [6.45, 7) is 14.1. The van der Waals surface area contributed by atoms with Gasteiger partial charge in [-0.1, -0.05) is 88.4 Å². The highest BCUT2D eigenvalue weighted by atomic mass is 32.3. The number of rotatable bonds is 13. The maximum absolute atomic E-state index is 13.4. The molecule has 2 aromatic carbocycles. The summed E-state index contributed by atoms with van der Waals surface area (Å²) in [6.07, 6.45) is -3.90. The summed E-state index contributed by atoms with van der Waals surface area (Å²) in [5.74, 6) is -3.08. The summed E-state index contributed by atoms with van der Waals surface area (Å²) in [7, 11) is -11.4. The number of ether oxygens (including phenoxy) is 2. The van der Waals surface area contributed by atoms with Gasteiger partial charge in [0.1, 0.15) is 14.5 Å². The molecule has 51 heavy (non-hydrogen) atoms. The number of hydrogen-bond donors (Lipinski definition) is 2. The normalized spacial score (nSPS) is 19.2. The van der Waals surface area contributed by atoms with Crippen molar-refractivity contribution in [2.75, 3.05) is 6.54 Å². The molecule has 0 bridgehead atoms. The molecular weight excluding hydrogens is 733 g/mol. The SMILES string of the molecule is CCN[C@H]1C[C@H](C)S(=O)(=O)c2sc(S(=O)(=O)NC(=O)[C@H](C)OC(=O)[C@H](C)OC(=O)[C@H](C)O[Si](c3ccccc3)(c3ccccc3)C(C)(C)C)cc21. The number of sulfonamides is 1. The first-order chi connectivity index (χ1) is 23.8. The second-order valence-corrected chi connectivity index (χ2v) is 23.3. The van der Waals surface area contributed by atoms with Crippen LogP contribution in [0.3, 0.4) is 0 Å². The minimum absolute atomic E-state index is 0.0664. The van der Waals surface area contributed by atoms with Crippen LogP contribution in [0.25, 0.3) is 0 Å². The fraction of sp³-hybridized carbons (Fsp3) is 0.457. The molecule has 1 aliphatic heterocycles. The predicted molar refractivity (Wildman–Crippen MR) is 197 cm³/mol. The molecule has 1 amide bonds. The number of carbonyl (C=O) groups excluding carboxylic acids is 3. The first-order valence-electron chi connectivity index (χ1n) is 16.6.